The van der Waals surface area contributed by atoms with Gasteiger partial charge in [-0.05, 0) is 62.5 Å². The maximum absolute atomic E-state index is 10.6. The Kier molecular flexibility index (Phi) is 6.02. The number of rotatable bonds is 7. The SMILES string of the molecule is C[C@H]1[C@H](SCCCCCC(=O)O)O[C@@H]2O[C@]3(C)CC[C@H]4[C@H](C)CC[C@@H]1[C@@]24OO3. The topological polar surface area (TPSA) is 74.2 Å². The Balaban J connectivity index is 1.43. The van der Waals surface area contributed by atoms with Crippen LogP contribution in [0.2, 0.25) is 0 Å². The van der Waals surface area contributed by atoms with Gasteiger partial charge in [0.1, 0.15) is 5.44 Å². The van der Waals surface area contributed by atoms with Crippen LogP contribution in [0.15, 0.2) is 0 Å². The molecule has 1 N–H and O–H groups in total. The summed E-state index contributed by atoms with van der Waals surface area (Å²) in [5, 5.41) is 8.75. The zero-order valence-electron chi connectivity index (χ0n) is 17.2. The molecule has 4 heterocycles. The van der Waals surface area contributed by atoms with Gasteiger partial charge in [0.25, 0.3) is 0 Å². The molecule has 0 aromatic rings. The summed E-state index contributed by atoms with van der Waals surface area (Å²) in [4.78, 5) is 22.7. The summed E-state index contributed by atoms with van der Waals surface area (Å²) in [7, 11) is 0. The van der Waals surface area contributed by atoms with E-state index in [1.54, 1.807) is 0 Å². The highest BCUT2D eigenvalue weighted by molar-refractivity contribution is 7.99. The van der Waals surface area contributed by atoms with Crippen molar-refractivity contribution in [1.29, 1.82) is 0 Å². The number of hydrogen-bond acceptors (Lipinski definition) is 6. The minimum absolute atomic E-state index is 0.0840. The fourth-order valence-corrected chi connectivity index (χ4v) is 7.09. The molecule has 0 unspecified atom stereocenters. The van der Waals surface area contributed by atoms with E-state index in [4.69, 9.17) is 24.4 Å². The van der Waals surface area contributed by atoms with Gasteiger partial charge in [-0.2, -0.15) is 0 Å². The summed E-state index contributed by atoms with van der Waals surface area (Å²) in [6, 6.07) is 0. The van der Waals surface area contributed by atoms with Crippen LogP contribution < -0.4 is 0 Å². The van der Waals surface area contributed by atoms with Crippen LogP contribution in [0.5, 0.6) is 0 Å². The lowest BCUT2D eigenvalue weighted by molar-refractivity contribution is -0.568. The summed E-state index contributed by atoms with van der Waals surface area (Å²) in [5.41, 5.74) is -0.397. The first-order chi connectivity index (χ1) is 13.4. The molecule has 5 rings (SSSR count). The Morgan fingerprint density at radius 3 is 2.71 bits per heavy atom. The van der Waals surface area contributed by atoms with E-state index < -0.39 is 17.4 Å². The number of thioether (sulfide) groups is 1. The minimum atomic E-state index is -0.718. The molecule has 5 fully saturated rings. The van der Waals surface area contributed by atoms with E-state index in [1.165, 1.54) is 6.42 Å². The van der Waals surface area contributed by atoms with Gasteiger partial charge in [0.15, 0.2) is 11.9 Å². The number of unbranched alkanes of at least 4 members (excludes halogenated alkanes) is 2. The lowest BCUT2D eigenvalue weighted by Crippen LogP contribution is -2.70. The molecular formula is C21H34O6S. The number of aliphatic carboxylic acids is 1. The number of carboxylic acid groups (broad SMARTS) is 1. The van der Waals surface area contributed by atoms with E-state index in [9.17, 15) is 4.79 Å². The minimum Gasteiger partial charge on any atom is -0.481 e. The van der Waals surface area contributed by atoms with Crippen molar-refractivity contribution < 1.29 is 29.1 Å². The van der Waals surface area contributed by atoms with Crippen LogP contribution in [-0.2, 0) is 24.0 Å². The highest BCUT2D eigenvalue weighted by Gasteiger charge is 2.69. The maximum atomic E-state index is 10.6. The Morgan fingerprint density at radius 1 is 1.11 bits per heavy atom. The number of ether oxygens (including phenoxy) is 2. The second kappa shape index (κ2) is 8.06. The van der Waals surface area contributed by atoms with Crippen molar-refractivity contribution in [2.45, 2.75) is 95.3 Å². The highest BCUT2D eigenvalue weighted by atomic mass is 32.2. The lowest BCUT2D eigenvalue weighted by atomic mass is 9.58. The average Bonchev–Trinajstić information content (AvgIpc) is 2.88. The molecule has 5 aliphatic rings. The van der Waals surface area contributed by atoms with Crippen LogP contribution in [0.1, 0.15) is 72.1 Å². The number of fused-ring (bicyclic) bond motifs is 2. The fraction of sp³-hybridized carbons (Fsp3) is 0.952. The van der Waals surface area contributed by atoms with Gasteiger partial charge in [0, 0.05) is 18.8 Å². The second-order valence-electron chi connectivity index (χ2n) is 9.35. The first kappa shape index (κ1) is 20.9. The molecule has 4 saturated heterocycles. The maximum Gasteiger partial charge on any atom is 0.303 e. The van der Waals surface area contributed by atoms with Crippen LogP contribution in [0.4, 0.5) is 0 Å². The third-order valence-electron chi connectivity index (χ3n) is 7.41. The van der Waals surface area contributed by atoms with Crippen molar-refractivity contribution >= 4 is 17.7 Å². The Bertz CT molecular complexity index is 587. The smallest absolute Gasteiger partial charge is 0.303 e. The fourth-order valence-electron chi connectivity index (χ4n) is 5.82. The van der Waals surface area contributed by atoms with Crippen LogP contribution >= 0.6 is 11.8 Å². The summed E-state index contributed by atoms with van der Waals surface area (Å²) in [6.07, 6.45) is 6.85. The van der Waals surface area contributed by atoms with Crippen molar-refractivity contribution in [2.75, 3.05) is 5.75 Å². The molecule has 1 spiro atoms. The van der Waals surface area contributed by atoms with Crippen LogP contribution in [0, 0.1) is 23.7 Å². The molecule has 28 heavy (non-hydrogen) atoms. The normalized spacial score (nSPS) is 47.4. The van der Waals surface area contributed by atoms with Gasteiger partial charge in [-0.25, -0.2) is 9.78 Å². The Morgan fingerprint density at radius 2 is 1.93 bits per heavy atom. The Hall–Kier alpha value is -0.340. The molecule has 0 radical (unpaired) electrons. The molecule has 160 valence electrons. The molecule has 7 heteroatoms. The molecule has 4 aliphatic heterocycles. The molecule has 1 aliphatic carbocycles. The van der Waals surface area contributed by atoms with Gasteiger partial charge < -0.3 is 14.6 Å². The van der Waals surface area contributed by atoms with Crippen molar-refractivity contribution in [3.05, 3.63) is 0 Å². The van der Waals surface area contributed by atoms with E-state index in [2.05, 4.69) is 13.8 Å². The van der Waals surface area contributed by atoms with E-state index in [1.807, 2.05) is 18.7 Å². The summed E-state index contributed by atoms with van der Waals surface area (Å²) in [5.74, 6) is 1.29. The summed E-state index contributed by atoms with van der Waals surface area (Å²) >= 11 is 1.85. The number of carbonyl (C=O) groups is 1. The lowest BCUT2D eigenvalue weighted by Gasteiger charge is -2.60. The van der Waals surface area contributed by atoms with Gasteiger partial charge in [-0.15, -0.1) is 11.8 Å². The van der Waals surface area contributed by atoms with E-state index in [-0.39, 0.29) is 18.1 Å². The van der Waals surface area contributed by atoms with Gasteiger partial charge >= 0.3 is 5.97 Å². The zero-order chi connectivity index (χ0) is 19.9. The summed E-state index contributed by atoms with van der Waals surface area (Å²) in [6.45, 7) is 6.58. The molecule has 2 bridgehead atoms. The quantitative estimate of drug-likeness (QED) is 0.483. The molecule has 0 amide bonds. The van der Waals surface area contributed by atoms with Crippen LogP contribution in [-0.4, -0.2) is 39.9 Å². The van der Waals surface area contributed by atoms with E-state index in [0.717, 1.165) is 44.3 Å². The van der Waals surface area contributed by atoms with Gasteiger partial charge in [0.05, 0.1) is 0 Å². The van der Waals surface area contributed by atoms with E-state index >= 15 is 0 Å². The second-order valence-corrected chi connectivity index (χ2v) is 10.6. The van der Waals surface area contributed by atoms with Gasteiger partial charge in [-0.1, -0.05) is 20.3 Å². The monoisotopic (exact) mass is 414 g/mol. The van der Waals surface area contributed by atoms with E-state index in [0.29, 0.717) is 23.7 Å². The van der Waals surface area contributed by atoms with Crippen molar-refractivity contribution in [3.63, 3.8) is 0 Å². The van der Waals surface area contributed by atoms with Crippen LogP contribution in [0.3, 0.4) is 0 Å². The third-order valence-corrected chi connectivity index (χ3v) is 8.81. The third kappa shape index (κ3) is 3.62. The Labute approximate surface area is 171 Å². The standard InChI is InChI=1S/C21H34O6S/c1-13-8-9-16-14(2)18(28-12-6-4-5-7-17(22)23)24-19-21(16)15(13)10-11-20(3,25-19)26-27-21/h13-16,18-19H,4-12H2,1-3H3,(H,22,23)/t13-,14-,15+,16+,18+,19-,20+,21-/m1/s1. The summed E-state index contributed by atoms with van der Waals surface area (Å²) < 4.78 is 12.9. The average molecular weight is 415 g/mol. The van der Waals surface area contributed by atoms with Gasteiger partial charge in [-0.3, -0.25) is 4.79 Å². The number of hydrogen-bond donors (Lipinski definition) is 1. The van der Waals surface area contributed by atoms with Crippen molar-refractivity contribution in [2.24, 2.45) is 23.7 Å². The molecule has 1 saturated carbocycles. The predicted molar refractivity (Wildman–Crippen MR) is 105 cm³/mol. The largest absolute Gasteiger partial charge is 0.481 e. The highest BCUT2D eigenvalue weighted by Crippen LogP contribution is 2.61. The first-order valence-corrected chi connectivity index (χ1v) is 11.9. The molecule has 0 aromatic heterocycles. The van der Waals surface area contributed by atoms with Crippen LogP contribution in [0.25, 0.3) is 0 Å². The molecule has 6 nitrogen and oxygen atoms in total. The molecule has 8 atom stereocenters. The molecule has 0 aromatic carbocycles. The predicted octanol–water partition coefficient (Wildman–Crippen LogP) is 4.57. The zero-order valence-corrected chi connectivity index (χ0v) is 18.0. The van der Waals surface area contributed by atoms with Crippen molar-refractivity contribution in [1.82, 2.24) is 0 Å². The number of carboxylic acids is 1. The van der Waals surface area contributed by atoms with Gasteiger partial charge in [0.2, 0.25) is 5.79 Å². The van der Waals surface area contributed by atoms with Crippen molar-refractivity contribution in [3.8, 4) is 0 Å². The molecular weight excluding hydrogens is 380 g/mol. The first-order valence-electron chi connectivity index (χ1n) is 10.9.